The van der Waals surface area contributed by atoms with Gasteiger partial charge in [0, 0.05) is 28.1 Å². The van der Waals surface area contributed by atoms with Crippen LogP contribution in [0.3, 0.4) is 0 Å². The molecule has 23 heavy (non-hydrogen) atoms. The van der Waals surface area contributed by atoms with E-state index in [4.69, 9.17) is 9.15 Å². The SMILES string of the molecule is O=C(/C=C/c1cccc(Br)c1)Oc1ccc2ccc(=O)oc2c1. The van der Waals surface area contributed by atoms with Gasteiger partial charge < -0.3 is 9.15 Å². The van der Waals surface area contributed by atoms with Crippen LogP contribution in [0.25, 0.3) is 17.0 Å². The fraction of sp³-hybridized carbons (Fsp3) is 0. The summed E-state index contributed by atoms with van der Waals surface area (Å²) < 4.78 is 11.2. The fourth-order valence-electron chi connectivity index (χ4n) is 2.03. The third-order valence-electron chi connectivity index (χ3n) is 3.07. The number of fused-ring (bicyclic) bond motifs is 1. The number of esters is 1. The van der Waals surface area contributed by atoms with Gasteiger partial charge in [0.1, 0.15) is 11.3 Å². The van der Waals surface area contributed by atoms with E-state index in [2.05, 4.69) is 15.9 Å². The minimum atomic E-state index is -0.511. The van der Waals surface area contributed by atoms with E-state index in [1.54, 1.807) is 24.3 Å². The Morgan fingerprint density at radius 2 is 1.91 bits per heavy atom. The van der Waals surface area contributed by atoms with Crippen LogP contribution in [0.5, 0.6) is 5.75 Å². The first-order valence-corrected chi connectivity index (χ1v) is 7.59. The summed E-state index contributed by atoms with van der Waals surface area (Å²) in [5.41, 5.74) is 0.801. The van der Waals surface area contributed by atoms with Gasteiger partial charge in [0.15, 0.2) is 0 Å². The summed E-state index contributed by atoms with van der Waals surface area (Å²) in [5, 5.41) is 0.758. The number of carbonyl (C=O) groups excluding carboxylic acids is 1. The standard InChI is InChI=1S/C18H11BrO4/c19-14-3-1-2-12(10-14)4-8-17(20)22-15-7-5-13-6-9-18(21)23-16(13)11-15/h1-11H/b8-4+. The highest BCUT2D eigenvalue weighted by molar-refractivity contribution is 9.10. The van der Waals surface area contributed by atoms with Gasteiger partial charge in [-0.15, -0.1) is 0 Å². The average molecular weight is 371 g/mol. The van der Waals surface area contributed by atoms with Gasteiger partial charge in [-0.05, 0) is 42.0 Å². The van der Waals surface area contributed by atoms with Crippen molar-refractivity contribution in [3.8, 4) is 5.75 Å². The third kappa shape index (κ3) is 3.96. The summed E-state index contributed by atoms with van der Waals surface area (Å²) in [6, 6.07) is 15.4. The van der Waals surface area contributed by atoms with E-state index < -0.39 is 11.6 Å². The van der Waals surface area contributed by atoms with E-state index >= 15 is 0 Å². The lowest BCUT2D eigenvalue weighted by Gasteiger charge is -2.02. The summed E-state index contributed by atoms with van der Waals surface area (Å²) in [5.74, 6) is -0.196. The van der Waals surface area contributed by atoms with Crippen LogP contribution < -0.4 is 10.4 Å². The zero-order chi connectivity index (χ0) is 16.2. The lowest BCUT2D eigenvalue weighted by Crippen LogP contribution is -2.03. The molecule has 0 atom stereocenters. The average Bonchev–Trinajstić information content (AvgIpc) is 2.53. The number of carbonyl (C=O) groups is 1. The number of benzene rings is 2. The zero-order valence-corrected chi connectivity index (χ0v) is 13.4. The summed E-state index contributed by atoms with van der Waals surface area (Å²) in [4.78, 5) is 23.1. The molecule has 0 aliphatic carbocycles. The molecule has 3 rings (SSSR count). The Labute approximate surface area is 140 Å². The second kappa shape index (κ2) is 6.62. The molecular weight excluding hydrogens is 360 g/mol. The van der Waals surface area contributed by atoms with Crippen molar-refractivity contribution in [2.24, 2.45) is 0 Å². The molecule has 1 heterocycles. The summed E-state index contributed by atoms with van der Waals surface area (Å²) in [7, 11) is 0. The maximum atomic E-state index is 11.9. The molecule has 0 N–H and O–H groups in total. The van der Waals surface area contributed by atoms with Crippen molar-refractivity contribution in [2.45, 2.75) is 0 Å². The van der Waals surface area contributed by atoms with Crippen molar-refractivity contribution in [2.75, 3.05) is 0 Å². The Hall–Kier alpha value is -2.66. The van der Waals surface area contributed by atoms with E-state index in [1.807, 2.05) is 24.3 Å². The minimum Gasteiger partial charge on any atom is -0.423 e. The molecule has 114 valence electrons. The highest BCUT2D eigenvalue weighted by Gasteiger charge is 2.04. The fourth-order valence-corrected chi connectivity index (χ4v) is 2.45. The number of hydrogen-bond donors (Lipinski definition) is 0. The first-order chi connectivity index (χ1) is 11.1. The number of rotatable bonds is 3. The maximum Gasteiger partial charge on any atom is 0.336 e. The molecule has 2 aromatic carbocycles. The summed E-state index contributed by atoms with van der Waals surface area (Å²) >= 11 is 3.37. The number of halogens is 1. The largest absolute Gasteiger partial charge is 0.423 e. The molecule has 4 nitrogen and oxygen atoms in total. The Kier molecular flexibility index (Phi) is 4.39. The molecule has 0 aliphatic heterocycles. The second-order valence-electron chi connectivity index (χ2n) is 4.76. The van der Waals surface area contributed by atoms with Crippen molar-refractivity contribution in [1.29, 1.82) is 0 Å². The third-order valence-corrected chi connectivity index (χ3v) is 3.57. The van der Waals surface area contributed by atoms with Crippen LogP contribution in [-0.2, 0) is 4.79 Å². The van der Waals surface area contributed by atoms with Crippen LogP contribution >= 0.6 is 15.9 Å². The van der Waals surface area contributed by atoms with Gasteiger partial charge >= 0.3 is 11.6 Å². The predicted molar refractivity (Wildman–Crippen MR) is 91.3 cm³/mol. The highest BCUT2D eigenvalue weighted by atomic mass is 79.9. The number of hydrogen-bond acceptors (Lipinski definition) is 4. The van der Waals surface area contributed by atoms with Crippen molar-refractivity contribution < 1.29 is 13.9 Å². The molecule has 0 amide bonds. The monoisotopic (exact) mass is 370 g/mol. The van der Waals surface area contributed by atoms with Gasteiger partial charge in [-0.2, -0.15) is 0 Å². The van der Waals surface area contributed by atoms with Gasteiger partial charge in [0.25, 0.3) is 0 Å². The van der Waals surface area contributed by atoms with Crippen LogP contribution in [-0.4, -0.2) is 5.97 Å². The van der Waals surface area contributed by atoms with Crippen molar-refractivity contribution >= 4 is 38.9 Å². The van der Waals surface area contributed by atoms with Crippen LogP contribution in [0.15, 0.2) is 74.4 Å². The predicted octanol–water partition coefficient (Wildman–Crippen LogP) is 4.17. The van der Waals surface area contributed by atoms with E-state index in [0.29, 0.717) is 11.3 Å². The molecule has 1 aromatic heterocycles. The van der Waals surface area contributed by atoms with Gasteiger partial charge in [0.05, 0.1) is 0 Å². The van der Waals surface area contributed by atoms with E-state index in [1.165, 1.54) is 18.2 Å². The molecule has 3 aromatic rings. The summed E-state index contributed by atoms with van der Waals surface area (Å²) in [6.07, 6.45) is 3.00. The van der Waals surface area contributed by atoms with Gasteiger partial charge in [-0.3, -0.25) is 0 Å². The van der Waals surface area contributed by atoms with Crippen LogP contribution in [0.4, 0.5) is 0 Å². The Balaban J connectivity index is 1.76. The molecule has 0 bridgehead atoms. The molecule has 0 saturated carbocycles. The summed E-state index contributed by atoms with van der Waals surface area (Å²) in [6.45, 7) is 0. The first kappa shape index (κ1) is 15.2. The number of ether oxygens (including phenoxy) is 1. The maximum absolute atomic E-state index is 11.9. The molecule has 0 fully saturated rings. The molecular formula is C18H11BrO4. The molecule has 5 heteroatoms. The van der Waals surface area contributed by atoms with Crippen LogP contribution in [0.1, 0.15) is 5.56 Å². The van der Waals surface area contributed by atoms with Crippen molar-refractivity contribution in [3.63, 3.8) is 0 Å². The minimum absolute atomic E-state index is 0.316. The van der Waals surface area contributed by atoms with E-state index in [0.717, 1.165) is 15.4 Å². The zero-order valence-electron chi connectivity index (χ0n) is 11.9. The van der Waals surface area contributed by atoms with Gasteiger partial charge in [-0.25, -0.2) is 9.59 Å². The molecule has 0 unspecified atom stereocenters. The topological polar surface area (TPSA) is 56.5 Å². The van der Waals surface area contributed by atoms with Gasteiger partial charge in [-0.1, -0.05) is 28.1 Å². The lowest BCUT2D eigenvalue weighted by atomic mass is 10.2. The Bertz CT molecular complexity index is 956. The van der Waals surface area contributed by atoms with Crippen LogP contribution in [0, 0.1) is 0 Å². The second-order valence-corrected chi connectivity index (χ2v) is 5.68. The molecule has 0 radical (unpaired) electrons. The molecule has 0 aliphatic rings. The van der Waals surface area contributed by atoms with E-state index in [9.17, 15) is 9.59 Å². The quantitative estimate of drug-likeness (QED) is 0.300. The Morgan fingerprint density at radius 1 is 1.09 bits per heavy atom. The van der Waals surface area contributed by atoms with Gasteiger partial charge in [0.2, 0.25) is 0 Å². The molecule has 0 spiro atoms. The smallest absolute Gasteiger partial charge is 0.336 e. The Morgan fingerprint density at radius 3 is 2.74 bits per heavy atom. The normalized spacial score (nSPS) is 11.0. The molecule has 0 saturated heterocycles. The van der Waals surface area contributed by atoms with Crippen LogP contribution in [0.2, 0.25) is 0 Å². The highest BCUT2D eigenvalue weighted by Crippen LogP contribution is 2.20. The first-order valence-electron chi connectivity index (χ1n) is 6.79. The van der Waals surface area contributed by atoms with Crippen molar-refractivity contribution in [3.05, 3.63) is 81.1 Å². The van der Waals surface area contributed by atoms with E-state index in [-0.39, 0.29) is 0 Å². The van der Waals surface area contributed by atoms with Crippen molar-refractivity contribution in [1.82, 2.24) is 0 Å². The lowest BCUT2D eigenvalue weighted by molar-refractivity contribution is -0.128.